The smallest absolute Gasteiger partial charge is 0.289 e. The number of piperazine rings is 1. The first-order valence-electron chi connectivity index (χ1n) is 9.54. The van der Waals surface area contributed by atoms with E-state index in [4.69, 9.17) is 16.0 Å². The quantitative estimate of drug-likeness (QED) is 0.598. The minimum absolute atomic E-state index is 0.0177. The fourth-order valence-electron chi connectivity index (χ4n) is 3.43. The predicted molar refractivity (Wildman–Crippen MR) is 115 cm³/mol. The van der Waals surface area contributed by atoms with Crippen LogP contribution in [0.1, 0.15) is 16.1 Å². The minimum Gasteiger partial charge on any atom is -0.451 e. The fraction of sp³-hybridized carbons (Fsp3) is 0.182. The Morgan fingerprint density at radius 3 is 2.32 bits per heavy atom. The van der Waals surface area contributed by atoms with Gasteiger partial charge in [0.2, 0.25) is 10.0 Å². The number of carbonyl (C=O) groups is 1. The molecule has 1 aromatic heterocycles. The van der Waals surface area contributed by atoms with E-state index in [0.717, 1.165) is 5.56 Å². The van der Waals surface area contributed by atoms with Crippen LogP contribution in [0, 0.1) is 11.3 Å². The average Bonchev–Trinajstić information content (AvgIpc) is 3.29. The molecule has 0 bridgehead atoms. The molecule has 0 unspecified atom stereocenters. The molecule has 2 aromatic carbocycles. The van der Waals surface area contributed by atoms with Crippen LogP contribution >= 0.6 is 11.6 Å². The standard InChI is InChI=1S/C22H18ClN3O4S/c23-18-7-5-16(6-8-18)19-9-10-20(30-19)22(27)25-11-13-26(14-12-25)31(28,29)21-4-2-1-3-17(21)15-24/h1-10H,11-14H2. The van der Waals surface area contributed by atoms with Gasteiger partial charge in [0, 0.05) is 36.8 Å². The molecule has 3 aromatic rings. The molecule has 0 radical (unpaired) electrons. The zero-order valence-electron chi connectivity index (χ0n) is 16.4. The van der Waals surface area contributed by atoms with Crippen LogP contribution in [-0.2, 0) is 10.0 Å². The predicted octanol–water partition coefficient (Wildman–Crippen LogP) is 3.62. The number of halogens is 1. The van der Waals surface area contributed by atoms with Gasteiger partial charge in [-0.1, -0.05) is 23.7 Å². The second-order valence-electron chi connectivity index (χ2n) is 6.98. The molecule has 0 saturated carbocycles. The van der Waals surface area contributed by atoms with Crippen LogP contribution in [0.3, 0.4) is 0 Å². The van der Waals surface area contributed by atoms with Gasteiger partial charge in [0.15, 0.2) is 5.76 Å². The van der Waals surface area contributed by atoms with Crippen LogP contribution in [0.4, 0.5) is 0 Å². The van der Waals surface area contributed by atoms with Crippen LogP contribution < -0.4 is 0 Å². The fourth-order valence-corrected chi connectivity index (χ4v) is 5.12. The molecule has 0 N–H and O–H groups in total. The molecule has 7 nitrogen and oxygen atoms in total. The lowest BCUT2D eigenvalue weighted by Crippen LogP contribution is -2.50. The van der Waals surface area contributed by atoms with E-state index in [0.29, 0.717) is 10.8 Å². The number of hydrogen-bond acceptors (Lipinski definition) is 5. The van der Waals surface area contributed by atoms with Crippen LogP contribution in [-0.4, -0.2) is 49.7 Å². The van der Waals surface area contributed by atoms with Crippen LogP contribution in [0.25, 0.3) is 11.3 Å². The number of nitriles is 1. The Kier molecular flexibility index (Phi) is 5.83. The maximum absolute atomic E-state index is 12.9. The van der Waals surface area contributed by atoms with E-state index in [2.05, 4.69) is 0 Å². The number of benzene rings is 2. The van der Waals surface area contributed by atoms with Gasteiger partial charge in [0.25, 0.3) is 5.91 Å². The van der Waals surface area contributed by atoms with Crippen molar-refractivity contribution in [2.24, 2.45) is 0 Å². The molecule has 1 fully saturated rings. The molecule has 158 valence electrons. The lowest BCUT2D eigenvalue weighted by Gasteiger charge is -2.33. The minimum atomic E-state index is -3.82. The number of rotatable bonds is 4. The molecule has 0 aliphatic carbocycles. The number of sulfonamides is 1. The Balaban J connectivity index is 1.45. The summed E-state index contributed by atoms with van der Waals surface area (Å²) >= 11 is 5.90. The lowest BCUT2D eigenvalue weighted by atomic mass is 10.2. The number of furan rings is 1. The third-order valence-electron chi connectivity index (χ3n) is 5.10. The van der Waals surface area contributed by atoms with Crippen molar-refractivity contribution in [3.05, 3.63) is 77.0 Å². The van der Waals surface area contributed by atoms with Crippen molar-refractivity contribution in [3.63, 3.8) is 0 Å². The summed E-state index contributed by atoms with van der Waals surface area (Å²) < 4.78 is 32.9. The Morgan fingerprint density at radius 1 is 0.968 bits per heavy atom. The monoisotopic (exact) mass is 455 g/mol. The Hall–Kier alpha value is -3.12. The summed E-state index contributed by atoms with van der Waals surface area (Å²) in [6, 6.07) is 18.4. The van der Waals surface area contributed by atoms with E-state index in [1.807, 2.05) is 6.07 Å². The summed E-state index contributed by atoms with van der Waals surface area (Å²) in [7, 11) is -3.82. The van der Waals surface area contributed by atoms with E-state index in [1.54, 1.807) is 53.4 Å². The van der Waals surface area contributed by atoms with Crippen molar-refractivity contribution in [1.82, 2.24) is 9.21 Å². The van der Waals surface area contributed by atoms with Gasteiger partial charge in [-0.25, -0.2) is 8.42 Å². The SMILES string of the molecule is N#Cc1ccccc1S(=O)(=O)N1CCN(C(=O)c2ccc(-c3ccc(Cl)cc3)o2)CC1. The molecule has 31 heavy (non-hydrogen) atoms. The molecular weight excluding hydrogens is 438 g/mol. The van der Waals surface area contributed by atoms with Gasteiger partial charge in [-0.05, 0) is 48.5 Å². The molecule has 1 saturated heterocycles. The van der Waals surface area contributed by atoms with Gasteiger partial charge in [-0.2, -0.15) is 9.57 Å². The second-order valence-corrected chi connectivity index (χ2v) is 9.32. The molecule has 2 heterocycles. The third-order valence-corrected chi connectivity index (χ3v) is 7.31. The summed E-state index contributed by atoms with van der Waals surface area (Å²) in [6.07, 6.45) is 0. The topological polar surface area (TPSA) is 94.6 Å². The molecule has 1 aliphatic rings. The molecule has 0 atom stereocenters. The highest BCUT2D eigenvalue weighted by Crippen LogP contribution is 2.25. The van der Waals surface area contributed by atoms with Gasteiger partial charge in [0.05, 0.1) is 10.5 Å². The number of carbonyl (C=O) groups excluding carboxylic acids is 1. The second kappa shape index (κ2) is 8.55. The summed E-state index contributed by atoms with van der Waals surface area (Å²) in [6.45, 7) is 0.727. The van der Waals surface area contributed by atoms with Crippen molar-refractivity contribution in [2.75, 3.05) is 26.2 Å². The lowest BCUT2D eigenvalue weighted by molar-refractivity contribution is 0.0667. The van der Waals surface area contributed by atoms with Gasteiger partial charge in [-0.3, -0.25) is 4.79 Å². The maximum Gasteiger partial charge on any atom is 0.289 e. The molecule has 4 rings (SSSR count). The molecule has 9 heteroatoms. The van der Waals surface area contributed by atoms with Gasteiger partial charge >= 0.3 is 0 Å². The first-order valence-corrected chi connectivity index (χ1v) is 11.4. The van der Waals surface area contributed by atoms with Crippen molar-refractivity contribution in [1.29, 1.82) is 5.26 Å². The highest BCUT2D eigenvalue weighted by molar-refractivity contribution is 7.89. The van der Waals surface area contributed by atoms with Crippen LogP contribution in [0.5, 0.6) is 0 Å². The third kappa shape index (κ3) is 4.21. The van der Waals surface area contributed by atoms with E-state index in [-0.39, 0.29) is 48.3 Å². The zero-order chi connectivity index (χ0) is 22.0. The normalized spacial score (nSPS) is 14.9. The van der Waals surface area contributed by atoms with Gasteiger partial charge in [0.1, 0.15) is 11.8 Å². The molecule has 0 spiro atoms. The average molecular weight is 456 g/mol. The van der Waals surface area contributed by atoms with Crippen molar-refractivity contribution in [2.45, 2.75) is 4.90 Å². The summed E-state index contributed by atoms with van der Waals surface area (Å²) in [5.74, 6) is 0.445. The van der Waals surface area contributed by atoms with Gasteiger partial charge < -0.3 is 9.32 Å². The van der Waals surface area contributed by atoms with E-state index in [1.165, 1.54) is 16.4 Å². The molecule has 1 amide bonds. The molecule has 1 aliphatic heterocycles. The zero-order valence-corrected chi connectivity index (χ0v) is 17.9. The van der Waals surface area contributed by atoms with Crippen LogP contribution in [0.15, 0.2) is 70.0 Å². The molecular formula is C22H18ClN3O4S. The van der Waals surface area contributed by atoms with Crippen LogP contribution in [0.2, 0.25) is 5.02 Å². The highest BCUT2D eigenvalue weighted by atomic mass is 35.5. The number of amides is 1. The first kappa shape index (κ1) is 21.1. The van der Waals surface area contributed by atoms with E-state index >= 15 is 0 Å². The van der Waals surface area contributed by atoms with Crippen molar-refractivity contribution in [3.8, 4) is 17.4 Å². The summed E-state index contributed by atoms with van der Waals surface area (Å²) in [5.41, 5.74) is 0.904. The van der Waals surface area contributed by atoms with Crippen molar-refractivity contribution >= 4 is 27.5 Å². The summed E-state index contributed by atoms with van der Waals surface area (Å²) in [5, 5.41) is 9.82. The Bertz CT molecular complexity index is 1250. The Morgan fingerprint density at radius 2 is 1.65 bits per heavy atom. The number of hydrogen-bond donors (Lipinski definition) is 0. The van der Waals surface area contributed by atoms with Gasteiger partial charge in [-0.15, -0.1) is 0 Å². The summed E-state index contributed by atoms with van der Waals surface area (Å²) in [4.78, 5) is 14.4. The maximum atomic E-state index is 12.9. The van der Waals surface area contributed by atoms with E-state index < -0.39 is 10.0 Å². The van der Waals surface area contributed by atoms with E-state index in [9.17, 15) is 18.5 Å². The first-order chi connectivity index (χ1) is 14.9. The largest absolute Gasteiger partial charge is 0.451 e. The highest BCUT2D eigenvalue weighted by Gasteiger charge is 2.32. The number of nitrogens with zero attached hydrogens (tertiary/aromatic N) is 3. The Labute approximate surface area is 185 Å². The van der Waals surface area contributed by atoms with Crippen molar-refractivity contribution < 1.29 is 17.6 Å².